The van der Waals surface area contributed by atoms with Crippen LogP contribution >= 0.6 is 7.60 Å². The molecular formula is C16H24N5O8P. The average molecular weight is 445 g/mol. The summed E-state index contributed by atoms with van der Waals surface area (Å²) >= 11 is 0. The number of H-pyrrole nitrogens is 1. The Morgan fingerprint density at radius 2 is 2.13 bits per heavy atom. The second-order valence-electron chi connectivity index (χ2n) is 6.40. The van der Waals surface area contributed by atoms with Gasteiger partial charge in [0.15, 0.2) is 0 Å². The number of rotatable bonds is 10. The fourth-order valence-electron chi connectivity index (χ4n) is 2.90. The van der Waals surface area contributed by atoms with Crippen LogP contribution in [0.1, 0.15) is 32.1 Å². The van der Waals surface area contributed by atoms with E-state index in [1.165, 1.54) is 17.7 Å². The molecule has 0 aliphatic carbocycles. The molecule has 1 fully saturated rings. The molecule has 1 unspecified atom stereocenters. The van der Waals surface area contributed by atoms with Gasteiger partial charge in [0.05, 0.1) is 32.0 Å². The number of aryl methyl sites for hydroxylation is 1. The standard InChI is InChI=1S/C16H24N5O8P/c1-4-26-14(22)9-30(25,27-5-2)28-8-12-11(19-20-17)6-13(29-12)21-7-10(3)15(23)18-16(21)24/h7,11-13H,4-6,8-9H2,1-3H3,(H,18,23,24)/t11-,12+,13+,30?/m0/s1. The summed E-state index contributed by atoms with van der Waals surface area (Å²) in [5, 5.41) is 3.65. The van der Waals surface area contributed by atoms with E-state index in [0.717, 1.165) is 0 Å². The predicted molar refractivity (Wildman–Crippen MR) is 104 cm³/mol. The van der Waals surface area contributed by atoms with E-state index in [1.807, 2.05) is 0 Å². The highest BCUT2D eigenvalue weighted by Gasteiger charge is 2.39. The SMILES string of the molecule is CCOC(=O)CP(=O)(OCC)OC[C@H]1O[C@@H](n2cc(C)c(=O)[nH]c2=O)C[C@@H]1N=[N+]=[N-]. The molecule has 0 aromatic carbocycles. The Balaban J connectivity index is 2.17. The second kappa shape index (κ2) is 10.6. The maximum atomic E-state index is 12.8. The molecule has 166 valence electrons. The van der Waals surface area contributed by atoms with Gasteiger partial charge in [-0.25, -0.2) is 4.79 Å². The lowest BCUT2D eigenvalue weighted by Crippen LogP contribution is -2.33. The molecular weight excluding hydrogens is 421 g/mol. The summed E-state index contributed by atoms with van der Waals surface area (Å²) in [6.45, 7) is 4.58. The van der Waals surface area contributed by atoms with Gasteiger partial charge in [-0.15, -0.1) is 0 Å². The Bertz CT molecular complexity index is 969. The molecule has 1 aromatic rings. The van der Waals surface area contributed by atoms with Crippen LogP contribution in [0.2, 0.25) is 0 Å². The van der Waals surface area contributed by atoms with Crippen LogP contribution in [-0.4, -0.2) is 53.6 Å². The minimum absolute atomic E-state index is 0.0384. The molecule has 2 heterocycles. The maximum absolute atomic E-state index is 12.8. The van der Waals surface area contributed by atoms with Crippen molar-refractivity contribution in [3.8, 4) is 0 Å². The zero-order valence-electron chi connectivity index (χ0n) is 16.8. The molecule has 13 nitrogen and oxygen atoms in total. The van der Waals surface area contributed by atoms with Crippen LogP contribution in [0.25, 0.3) is 10.4 Å². The molecule has 0 bridgehead atoms. The summed E-state index contributed by atoms with van der Waals surface area (Å²) in [6, 6.07) is -0.739. The summed E-state index contributed by atoms with van der Waals surface area (Å²) in [5.74, 6) is -0.735. The first kappa shape index (κ1) is 23.8. The van der Waals surface area contributed by atoms with Crippen molar-refractivity contribution < 1.29 is 27.9 Å². The van der Waals surface area contributed by atoms with Crippen molar-refractivity contribution in [1.29, 1.82) is 0 Å². The third kappa shape index (κ3) is 6.04. The van der Waals surface area contributed by atoms with Gasteiger partial charge in [-0.3, -0.25) is 23.7 Å². The maximum Gasteiger partial charge on any atom is 0.341 e. The lowest BCUT2D eigenvalue weighted by molar-refractivity contribution is -0.140. The van der Waals surface area contributed by atoms with Crippen molar-refractivity contribution in [2.24, 2.45) is 5.11 Å². The van der Waals surface area contributed by atoms with E-state index in [2.05, 4.69) is 15.0 Å². The number of nitrogens with zero attached hydrogens (tertiary/aromatic N) is 4. The molecule has 0 spiro atoms. The summed E-state index contributed by atoms with van der Waals surface area (Å²) in [6.07, 6.45) is -0.807. The van der Waals surface area contributed by atoms with E-state index in [-0.39, 0.29) is 26.2 Å². The fourth-order valence-corrected chi connectivity index (χ4v) is 4.33. The predicted octanol–water partition coefficient (Wildman–Crippen LogP) is 1.62. The number of azide groups is 1. The lowest BCUT2D eigenvalue weighted by Gasteiger charge is -2.21. The number of aromatic nitrogens is 2. The lowest BCUT2D eigenvalue weighted by atomic mass is 10.1. The van der Waals surface area contributed by atoms with Crippen molar-refractivity contribution in [2.45, 2.75) is 45.6 Å². The van der Waals surface area contributed by atoms with E-state index in [1.54, 1.807) is 13.8 Å². The molecule has 14 heteroatoms. The monoisotopic (exact) mass is 445 g/mol. The highest BCUT2D eigenvalue weighted by atomic mass is 31.2. The summed E-state index contributed by atoms with van der Waals surface area (Å²) in [7, 11) is -3.82. The van der Waals surface area contributed by atoms with Crippen molar-refractivity contribution in [1.82, 2.24) is 9.55 Å². The van der Waals surface area contributed by atoms with Gasteiger partial charge in [-0.1, -0.05) is 5.11 Å². The third-order valence-corrected chi connectivity index (χ3v) is 6.09. The molecule has 1 aliphatic heterocycles. The zero-order chi connectivity index (χ0) is 22.3. The smallest absolute Gasteiger partial charge is 0.341 e. The van der Waals surface area contributed by atoms with Crippen LogP contribution in [0.4, 0.5) is 0 Å². The highest BCUT2D eigenvalue weighted by Crippen LogP contribution is 2.49. The molecule has 1 aromatic heterocycles. The summed E-state index contributed by atoms with van der Waals surface area (Å²) in [5.41, 5.74) is 7.93. The van der Waals surface area contributed by atoms with Gasteiger partial charge < -0.3 is 18.5 Å². The number of nitrogens with one attached hydrogen (secondary N) is 1. The fraction of sp³-hybridized carbons (Fsp3) is 0.688. The van der Waals surface area contributed by atoms with Gasteiger partial charge in [0, 0.05) is 23.1 Å². The first-order valence-corrected chi connectivity index (χ1v) is 11.0. The second-order valence-corrected chi connectivity index (χ2v) is 8.46. The van der Waals surface area contributed by atoms with E-state index >= 15 is 0 Å². The summed E-state index contributed by atoms with van der Waals surface area (Å²) < 4.78 is 35.1. The van der Waals surface area contributed by atoms with Crippen molar-refractivity contribution in [3.63, 3.8) is 0 Å². The van der Waals surface area contributed by atoms with Crippen LogP contribution in [0.15, 0.2) is 20.9 Å². The van der Waals surface area contributed by atoms with Crippen molar-refractivity contribution in [3.05, 3.63) is 43.0 Å². The quantitative estimate of drug-likeness (QED) is 0.186. The van der Waals surface area contributed by atoms with Gasteiger partial charge in [0.25, 0.3) is 5.56 Å². The Kier molecular flexibility index (Phi) is 8.39. The van der Waals surface area contributed by atoms with Crippen LogP contribution in [0.5, 0.6) is 0 Å². The van der Waals surface area contributed by atoms with Gasteiger partial charge in [0.1, 0.15) is 12.4 Å². The molecule has 0 amide bonds. The van der Waals surface area contributed by atoms with Gasteiger partial charge in [-0.2, -0.15) is 0 Å². The topological polar surface area (TPSA) is 175 Å². The number of hydrogen-bond donors (Lipinski definition) is 1. The molecule has 4 atom stereocenters. The van der Waals surface area contributed by atoms with Crippen molar-refractivity contribution >= 4 is 13.6 Å². The van der Waals surface area contributed by atoms with Crippen molar-refractivity contribution in [2.75, 3.05) is 26.0 Å². The molecule has 1 N–H and O–H groups in total. The van der Waals surface area contributed by atoms with Crippen LogP contribution in [-0.2, 0) is 27.9 Å². The Morgan fingerprint density at radius 1 is 1.40 bits per heavy atom. The first-order valence-electron chi connectivity index (χ1n) is 9.28. The minimum atomic E-state index is -3.82. The van der Waals surface area contributed by atoms with E-state index < -0.39 is 49.3 Å². The van der Waals surface area contributed by atoms with E-state index in [4.69, 9.17) is 24.1 Å². The molecule has 2 rings (SSSR count). The van der Waals surface area contributed by atoms with Crippen LogP contribution in [0.3, 0.4) is 0 Å². The number of carbonyl (C=O) groups excluding carboxylic acids is 1. The number of carbonyl (C=O) groups is 1. The largest absolute Gasteiger partial charge is 0.466 e. The molecule has 0 radical (unpaired) electrons. The number of ether oxygens (including phenoxy) is 2. The Labute approximate surface area is 171 Å². The highest BCUT2D eigenvalue weighted by molar-refractivity contribution is 7.54. The molecule has 30 heavy (non-hydrogen) atoms. The van der Waals surface area contributed by atoms with E-state index in [9.17, 15) is 18.9 Å². The zero-order valence-corrected chi connectivity index (χ0v) is 17.7. The normalized spacial score (nSPS) is 22.8. The number of esters is 1. The molecule has 0 saturated carbocycles. The Hall–Kier alpha value is -2.43. The molecule has 1 aliphatic rings. The summed E-state index contributed by atoms with van der Waals surface area (Å²) in [4.78, 5) is 40.3. The van der Waals surface area contributed by atoms with E-state index in [0.29, 0.717) is 5.56 Å². The average Bonchev–Trinajstić information content (AvgIpc) is 3.06. The van der Waals surface area contributed by atoms with Gasteiger partial charge >= 0.3 is 19.3 Å². The first-order chi connectivity index (χ1) is 14.2. The van der Waals surface area contributed by atoms with Gasteiger partial charge in [-0.05, 0) is 26.3 Å². The van der Waals surface area contributed by atoms with Gasteiger partial charge in [0.2, 0.25) is 0 Å². The number of hydrogen-bond acceptors (Lipinski definition) is 9. The molecule has 1 saturated heterocycles. The Morgan fingerprint density at radius 3 is 2.77 bits per heavy atom. The number of aromatic amines is 1. The minimum Gasteiger partial charge on any atom is -0.466 e. The van der Waals surface area contributed by atoms with Crippen LogP contribution < -0.4 is 11.2 Å². The third-order valence-electron chi connectivity index (χ3n) is 4.25. The van der Waals surface area contributed by atoms with Crippen LogP contribution in [0, 0.1) is 6.92 Å².